The molecule has 0 aromatic heterocycles. The first-order chi connectivity index (χ1) is 18.7. The predicted molar refractivity (Wildman–Crippen MR) is 156 cm³/mol. The molecule has 214 valence electrons. The molecule has 0 bridgehead atoms. The summed E-state index contributed by atoms with van der Waals surface area (Å²) in [6.07, 6.45) is 0.295. The quantitative estimate of drug-likeness (QED) is 0.357. The van der Waals surface area contributed by atoms with Crippen molar-refractivity contribution in [1.29, 1.82) is 0 Å². The molecule has 3 rings (SSSR count). The van der Waals surface area contributed by atoms with Gasteiger partial charge in [-0.05, 0) is 88.1 Å². The van der Waals surface area contributed by atoms with Crippen LogP contribution in [0.25, 0.3) is 0 Å². The van der Waals surface area contributed by atoms with Crippen LogP contribution in [0.3, 0.4) is 0 Å². The highest BCUT2D eigenvalue weighted by atomic mass is 32.2. The Morgan fingerprint density at radius 3 is 2.12 bits per heavy atom. The summed E-state index contributed by atoms with van der Waals surface area (Å²) >= 11 is 0. The van der Waals surface area contributed by atoms with Gasteiger partial charge in [0.15, 0.2) is 0 Å². The fraction of sp³-hybridized carbons (Fsp3) is 0.355. The molecule has 0 saturated carbocycles. The zero-order valence-corrected chi connectivity index (χ0v) is 24.8. The molecule has 1 N–H and O–H groups in total. The van der Waals surface area contributed by atoms with Gasteiger partial charge in [-0.1, -0.05) is 49.4 Å². The number of carbonyl (C=O) groups is 2. The van der Waals surface area contributed by atoms with E-state index in [4.69, 9.17) is 0 Å². The SMILES string of the molecule is CCC(C(=O)NC(C)(C)C)N(Cc1ccc(F)cc1)C(=O)CN(c1cccc(C)c1C)S(=O)(=O)c1ccccc1. The Bertz CT molecular complexity index is 1440. The maximum atomic E-state index is 14.1. The Balaban J connectivity index is 2.10. The number of sulfonamides is 1. The summed E-state index contributed by atoms with van der Waals surface area (Å²) < 4.78 is 42.6. The first-order valence-corrected chi connectivity index (χ1v) is 14.7. The Hall–Kier alpha value is -3.72. The smallest absolute Gasteiger partial charge is 0.264 e. The molecule has 3 aromatic rings. The van der Waals surface area contributed by atoms with E-state index in [1.54, 1.807) is 49.4 Å². The molecular formula is C31H38FN3O4S. The van der Waals surface area contributed by atoms with E-state index in [9.17, 15) is 22.4 Å². The summed E-state index contributed by atoms with van der Waals surface area (Å²) in [6, 6.07) is 18.0. The van der Waals surface area contributed by atoms with Crippen molar-refractivity contribution >= 4 is 27.5 Å². The lowest BCUT2D eigenvalue weighted by Gasteiger charge is -2.35. The second-order valence-electron chi connectivity index (χ2n) is 10.9. The van der Waals surface area contributed by atoms with Crippen LogP contribution in [0.2, 0.25) is 0 Å². The molecule has 9 heteroatoms. The highest BCUT2D eigenvalue weighted by Crippen LogP contribution is 2.29. The number of benzene rings is 3. The Kier molecular flexibility index (Phi) is 9.73. The molecule has 0 aliphatic heterocycles. The van der Waals surface area contributed by atoms with Gasteiger partial charge in [-0.2, -0.15) is 0 Å². The number of nitrogens with one attached hydrogen (secondary N) is 1. The van der Waals surface area contributed by atoms with E-state index in [0.29, 0.717) is 17.7 Å². The van der Waals surface area contributed by atoms with Gasteiger partial charge in [0.2, 0.25) is 11.8 Å². The second-order valence-corrected chi connectivity index (χ2v) is 12.7. The average molecular weight is 568 g/mol. The predicted octanol–water partition coefficient (Wildman–Crippen LogP) is 5.36. The van der Waals surface area contributed by atoms with Crippen molar-refractivity contribution in [2.24, 2.45) is 0 Å². The summed E-state index contributed by atoms with van der Waals surface area (Å²) in [6.45, 7) is 10.5. The molecule has 1 unspecified atom stereocenters. The molecule has 7 nitrogen and oxygen atoms in total. The lowest BCUT2D eigenvalue weighted by molar-refractivity contribution is -0.141. The summed E-state index contributed by atoms with van der Waals surface area (Å²) in [4.78, 5) is 28.9. The minimum absolute atomic E-state index is 0.00120. The summed E-state index contributed by atoms with van der Waals surface area (Å²) in [7, 11) is -4.15. The zero-order chi connectivity index (χ0) is 29.7. The third-order valence-electron chi connectivity index (χ3n) is 6.61. The highest BCUT2D eigenvalue weighted by Gasteiger charge is 2.35. The van der Waals surface area contributed by atoms with Crippen LogP contribution in [0.15, 0.2) is 77.7 Å². The molecule has 1 atom stereocenters. The standard InChI is InChI=1S/C31H38FN3O4S/c1-7-27(30(37)33-31(4,5)6)34(20-24-16-18-25(32)19-17-24)29(36)21-35(28-15-11-12-22(2)23(28)3)40(38,39)26-13-9-8-10-14-26/h8-19,27H,7,20-21H2,1-6H3,(H,33,37). The molecule has 0 spiro atoms. The number of hydrogen-bond acceptors (Lipinski definition) is 4. The molecule has 0 radical (unpaired) electrons. The van der Waals surface area contributed by atoms with Gasteiger partial charge in [-0.3, -0.25) is 13.9 Å². The van der Waals surface area contributed by atoms with Crippen molar-refractivity contribution in [3.8, 4) is 0 Å². The van der Waals surface area contributed by atoms with E-state index in [2.05, 4.69) is 5.32 Å². The van der Waals surface area contributed by atoms with Gasteiger partial charge in [-0.25, -0.2) is 12.8 Å². The van der Waals surface area contributed by atoms with Crippen molar-refractivity contribution in [2.45, 2.75) is 71.0 Å². The van der Waals surface area contributed by atoms with E-state index in [1.165, 1.54) is 29.2 Å². The molecule has 0 aliphatic carbocycles. The largest absolute Gasteiger partial charge is 0.350 e. The van der Waals surface area contributed by atoms with Gasteiger partial charge < -0.3 is 10.2 Å². The average Bonchev–Trinajstić information content (AvgIpc) is 2.89. The van der Waals surface area contributed by atoms with Crippen LogP contribution in [0.4, 0.5) is 10.1 Å². The fourth-order valence-corrected chi connectivity index (χ4v) is 5.89. The van der Waals surface area contributed by atoms with E-state index in [0.717, 1.165) is 15.4 Å². The third-order valence-corrected chi connectivity index (χ3v) is 8.38. The van der Waals surface area contributed by atoms with Crippen molar-refractivity contribution in [3.05, 3.63) is 95.3 Å². The van der Waals surface area contributed by atoms with Gasteiger partial charge >= 0.3 is 0 Å². The first-order valence-electron chi connectivity index (χ1n) is 13.2. The molecule has 0 heterocycles. The van der Waals surface area contributed by atoms with Gasteiger partial charge in [-0.15, -0.1) is 0 Å². The summed E-state index contributed by atoms with van der Waals surface area (Å²) in [5.74, 6) is -1.33. The number of nitrogens with zero attached hydrogens (tertiary/aromatic N) is 2. The zero-order valence-electron chi connectivity index (χ0n) is 23.9. The first kappa shape index (κ1) is 30.8. The van der Waals surface area contributed by atoms with Crippen LogP contribution >= 0.6 is 0 Å². The molecule has 0 aliphatic rings. The normalized spacial score (nSPS) is 12.5. The van der Waals surface area contributed by atoms with Crippen LogP contribution in [0.5, 0.6) is 0 Å². The maximum absolute atomic E-state index is 14.1. The monoisotopic (exact) mass is 567 g/mol. The highest BCUT2D eigenvalue weighted by molar-refractivity contribution is 7.92. The Labute approximate surface area is 237 Å². The van der Waals surface area contributed by atoms with E-state index in [1.807, 2.05) is 40.7 Å². The molecule has 3 aromatic carbocycles. The van der Waals surface area contributed by atoms with Gasteiger partial charge in [0.25, 0.3) is 10.0 Å². The number of rotatable bonds is 10. The lowest BCUT2D eigenvalue weighted by atomic mass is 10.1. The maximum Gasteiger partial charge on any atom is 0.264 e. The van der Waals surface area contributed by atoms with Crippen LogP contribution in [-0.4, -0.2) is 43.3 Å². The number of anilines is 1. The summed E-state index contributed by atoms with van der Waals surface area (Å²) in [5, 5.41) is 2.93. The van der Waals surface area contributed by atoms with Crippen LogP contribution < -0.4 is 9.62 Å². The van der Waals surface area contributed by atoms with Crippen molar-refractivity contribution in [2.75, 3.05) is 10.8 Å². The van der Waals surface area contributed by atoms with Crippen molar-refractivity contribution in [1.82, 2.24) is 10.2 Å². The van der Waals surface area contributed by atoms with Crippen LogP contribution in [0.1, 0.15) is 50.8 Å². The molecule has 40 heavy (non-hydrogen) atoms. The molecule has 0 saturated heterocycles. The Morgan fingerprint density at radius 1 is 0.925 bits per heavy atom. The molecule has 2 amide bonds. The number of carbonyl (C=O) groups excluding carboxylic acids is 2. The van der Waals surface area contributed by atoms with Crippen LogP contribution in [0, 0.1) is 19.7 Å². The van der Waals surface area contributed by atoms with Crippen LogP contribution in [-0.2, 0) is 26.2 Å². The topological polar surface area (TPSA) is 86.8 Å². The minimum Gasteiger partial charge on any atom is -0.350 e. The Morgan fingerprint density at radius 2 is 1.55 bits per heavy atom. The van der Waals surface area contributed by atoms with Crippen molar-refractivity contribution in [3.63, 3.8) is 0 Å². The third kappa shape index (κ3) is 7.47. The van der Waals surface area contributed by atoms with Gasteiger partial charge in [0.1, 0.15) is 18.4 Å². The van der Waals surface area contributed by atoms with Gasteiger partial charge in [0.05, 0.1) is 10.6 Å². The van der Waals surface area contributed by atoms with E-state index >= 15 is 0 Å². The lowest BCUT2D eigenvalue weighted by Crippen LogP contribution is -2.55. The minimum atomic E-state index is -4.15. The van der Waals surface area contributed by atoms with E-state index in [-0.39, 0.29) is 17.3 Å². The fourth-order valence-electron chi connectivity index (χ4n) is 4.40. The second kappa shape index (κ2) is 12.6. The number of amides is 2. The number of halogens is 1. The molecule has 0 fully saturated rings. The number of hydrogen-bond donors (Lipinski definition) is 1. The van der Waals surface area contributed by atoms with Gasteiger partial charge in [0, 0.05) is 12.1 Å². The van der Waals surface area contributed by atoms with E-state index < -0.39 is 39.9 Å². The molecular weight excluding hydrogens is 529 g/mol. The number of aryl methyl sites for hydroxylation is 1. The van der Waals surface area contributed by atoms with Crippen molar-refractivity contribution < 1.29 is 22.4 Å². The summed E-state index contributed by atoms with van der Waals surface area (Å²) in [5.41, 5.74) is 2.04.